The predicted molar refractivity (Wildman–Crippen MR) is 91.5 cm³/mol. The number of amides is 1. The molecule has 0 aliphatic heterocycles. The zero-order valence-corrected chi connectivity index (χ0v) is 13.4. The maximum Gasteiger partial charge on any atom is 0.269 e. The highest BCUT2D eigenvalue weighted by molar-refractivity contribution is 7.98. The Balaban J connectivity index is 1.86. The van der Waals surface area contributed by atoms with Crippen LogP contribution in [0.15, 0.2) is 59.5 Å². The zero-order chi connectivity index (χ0) is 15.4. The molecular weight excluding hydrogens is 314 g/mol. The molecule has 1 aromatic heterocycles. The average molecular weight is 327 g/mol. The van der Waals surface area contributed by atoms with Crippen molar-refractivity contribution in [3.05, 3.63) is 59.5 Å². The van der Waals surface area contributed by atoms with Gasteiger partial charge in [0.05, 0.1) is 0 Å². The summed E-state index contributed by atoms with van der Waals surface area (Å²) in [4.78, 5) is 14.1. The third-order valence-electron chi connectivity index (χ3n) is 3.07. The molecule has 3 rings (SSSR count). The van der Waals surface area contributed by atoms with Crippen molar-refractivity contribution in [2.75, 3.05) is 11.6 Å². The van der Waals surface area contributed by atoms with E-state index in [-0.39, 0.29) is 5.91 Å². The Labute approximate surface area is 136 Å². The van der Waals surface area contributed by atoms with Gasteiger partial charge in [-0.2, -0.15) is 0 Å². The van der Waals surface area contributed by atoms with Gasteiger partial charge in [-0.1, -0.05) is 40.9 Å². The first-order valence-corrected chi connectivity index (χ1v) is 8.61. The van der Waals surface area contributed by atoms with Crippen LogP contribution in [0.25, 0.3) is 11.3 Å². The van der Waals surface area contributed by atoms with Crippen molar-refractivity contribution in [2.24, 2.45) is 0 Å². The summed E-state index contributed by atoms with van der Waals surface area (Å²) in [6, 6.07) is 17.3. The van der Waals surface area contributed by atoms with Crippen molar-refractivity contribution in [2.45, 2.75) is 4.90 Å². The number of hydrogen-bond donors (Lipinski definition) is 1. The predicted octanol–water partition coefficient (Wildman–Crippen LogP) is 4.18. The minimum absolute atomic E-state index is 0.188. The summed E-state index contributed by atoms with van der Waals surface area (Å²) >= 11 is 2.74. The first-order chi connectivity index (χ1) is 10.8. The smallest absolute Gasteiger partial charge is 0.269 e. The lowest BCUT2D eigenvalue weighted by atomic mass is 10.1. The van der Waals surface area contributed by atoms with Gasteiger partial charge in [-0.15, -0.1) is 16.9 Å². The van der Waals surface area contributed by atoms with Crippen molar-refractivity contribution in [3.63, 3.8) is 0 Å². The van der Waals surface area contributed by atoms with E-state index in [2.05, 4.69) is 14.9 Å². The molecule has 0 bridgehead atoms. The number of benzene rings is 2. The summed E-state index contributed by atoms with van der Waals surface area (Å²) in [7, 11) is 0. The van der Waals surface area contributed by atoms with E-state index in [1.165, 1.54) is 0 Å². The summed E-state index contributed by atoms with van der Waals surface area (Å²) in [5.41, 5.74) is 2.27. The Morgan fingerprint density at radius 1 is 1.14 bits per heavy atom. The third kappa shape index (κ3) is 3.18. The fraction of sp³-hybridized carbons (Fsp3) is 0.0625. The molecule has 0 aliphatic rings. The van der Waals surface area contributed by atoms with Gasteiger partial charge in [-0.25, -0.2) is 0 Å². The van der Waals surface area contributed by atoms with E-state index in [1.807, 2.05) is 60.9 Å². The molecular formula is C16H13N3OS2. The first-order valence-electron chi connectivity index (χ1n) is 6.61. The number of carbonyl (C=O) groups excluding carboxylic acids is 1. The van der Waals surface area contributed by atoms with E-state index in [4.69, 9.17) is 0 Å². The van der Waals surface area contributed by atoms with Crippen LogP contribution in [-0.2, 0) is 0 Å². The fourth-order valence-corrected chi connectivity index (χ4v) is 3.06. The van der Waals surface area contributed by atoms with Crippen LogP contribution < -0.4 is 5.32 Å². The van der Waals surface area contributed by atoms with E-state index in [0.717, 1.165) is 27.7 Å². The van der Waals surface area contributed by atoms with Crippen molar-refractivity contribution in [3.8, 4) is 11.3 Å². The second-order valence-corrected chi connectivity index (χ2v) is 6.14. The van der Waals surface area contributed by atoms with Crippen molar-refractivity contribution < 1.29 is 4.79 Å². The van der Waals surface area contributed by atoms with E-state index < -0.39 is 0 Å². The van der Waals surface area contributed by atoms with Gasteiger partial charge in [-0.05, 0) is 36.0 Å². The Bertz CT molecular complexity index is 787. The number of nitrogens with one attached hydrogen (secondary N) is 1. The number of carbonyl (C=O) groups is 1. The van der Waals surface area contributed by atoms with Gasteiger partial charge in [0, 0.05) is 16.1 Å². The van der Waals surface area contributed by atoms with Gasteiger partial charge in [0.2, 0.25) is 0 Å². The molecule has 3 aromatic rings. The largest absolute Gasteiger partial charge is 0.321 e. The summed E-state index contributed by atoms with van der Waals surface area (Å²) in [6.07, 6.45) is 2.00. The minimum atomic E-state index is -0.188. The zero-order valence-electron chi connectivity index (χ0n) is 11.8. The van der Waals surface area contributed by atoms with Crippen LogP contribution in [-0.4, -0.2) is 21.7 Å². The van der Waals surface area contributed by atoms with Crippen LogP contribution in [0.1, 0.15) is 9.67 Å². The highest BCUT2D eigenvalue weighted by Crippen LogP contribution is 2.25. The third-order valence-corrected chi connectivity index (χ3v) is 4.52. The normalized spacial score (nSPS) is 10.4. The number of hydrogen-bond acceptors (Lipinski definition) is 5. The van der Waals surface area contributed by atoms with Gasteiger partial charge >= 0.3 is 0 Å². The number of nitrogens with zero attached hydrogens (tertiary/aromatic N) is 2. The van der Waals surface area contributed by atoms with E-state index in [9.17, 15) is 4.79 Å². The molecule has 2 aromatic carbocycles. The van der Waals surface area contributed by atoms with Crippen LogP contribution in [0.5, 0.6) is 0 Å². The number of anilines is 1. The molecule has 1 heterocycles. The summed E-state index contributed by atoms with van der Waals surface area (Å²) in [5.74, 6) is -0.188. The van der Waals surface area contributed by atoms with Crippen LogP contribution in [0.4, 0.5) is 5.69 Å². The lowest BCUT2D eigenvalue weighted by Gasteiger charge is -2.06. The van der Waals surface area contributed by atoms with Crippen molar-refractivity contribution >= 4 is 34.9 Å². The SMILES string of the molecule is CSc1cccc(NC(=O)c2snnc2-c2ccccc2)c1. The first kappa shape index (κ1) is 14.7. The molecule has 0 unspecified atom stereocenters. The molecule has 0 atom stereocenters. The Morgan fingerprint density at radius 3 is 2.73 bits per heavy atom. The molecule has 4 nitrogen and oxygen atoms in total. The molecule has 0 saturated carbocycles. The summed E-state index contributed by atoms with van der Waals surface area (Å²) in [5, 5.41) is 6.99. The monoisotopic (exact) mass is 327 g/mol. The Morgan fingerprint density at radius 2 is 1.95 bits per heavy atom. The van der Waals surface area contributed by atoms with Crippen LogP contribution in [0, 0.1) is 0 Å². The molecule has 0 spiro atoms. The van der Waals surface area contributed by atoms with Crippen LogP contribution in [0.3, 0.4) is 0 Å². The summed E-state index contributed by atoms with van der Waals surface area (Å²) in [6.45, 7) is 0. The van der Waals surface area contributed by atoms with Crippen LogP contribution in [0.2, 0.25) is 0 Å². The lowest BCUT2D eigenvalue weighted by Crippen LogP contribution is -2.11. The van der Waals surface area contributed by atoms with Gasteiger partial charge < -0.3 is 5.32 Å². The van der Waals surface area contributed by atoms with Crippen molar-refractivity contribution in [1.82, 2.24) is 9.59 Å². The molecule has 0 radical (unpaired) electrons. The summed E-state index contributed by atoms with van der Waals surface area (Å²) < 4.78 is 3.92. The highest BCUT2D eigenvalue weighted by atomic mass is 32.2. The molecule has 22 heavy (non-hydrogen) atoms. The molecule has 6 heteroatoms. The van der Waals surface area contributed by atoms with Gasteiger partial charge in [0.15, 0.2) is 0 Å². The molecule has 0 saturated heterocycles. The molecule has 0 fully saturated rings. The number of thioether (sulfide) groups is 1. The topological polar surface area (TPSA) is 54.9 Å². The molecule has 0 aliphatic carbocycles. The molecule has 110 valence electrons. The van der Waals surface area contributed by atoms with E-state index >= 15 is 0 Å². The standard InChI is InChI=1S/C16H13N3OS2/c1-21-13-9-5-8-12(10-13)17-16(20)15-14(18-19-22-15)11-6-3-2-4-7-11/h2-10H,1H3,(H,17,20). The maximum atomic E-state index is 12.5. The van der Waals surface area contributed by atoms with E-state index in [0.29, 0.717) is 10.6 Å². The second kappa shape index (κ2) is 6.72. The average Bonchev–Trinajstić information content (AvgIpc) is 3.05. The Kier molecular flexibility index (Phi) is 4.50. The molecule has 1 amide bonds. The molecule has 1 N–H and O–H groups in total. The van der Waals surface area contributed by atoms with Gasteiger partial charge in [-0.3, -0.25) is 4.79 Å². The van der Waals surface area contributed by atoms with Gasteiger partial charge in [0.25, 0.3) is 5.91 Å². The quantitative estimate of drug-likeness (QED) is 0.730. The van der Waals surface area contributed by atoms with E-state index in [1.54, 1.807) is 11.8 Å². The second-order valence-electron chi connectivity index (χ2n) is 4.50. The fourth-order valence-electron chi connectivity index (χ4n) is 2.01. The van der Waals surface area contributed by atoms with Crippen LogP contribution >= 0.6 is 23.3 Å². The number of aromatic nitrogens is 2. The number of rotatable bonds is 4. The highest BCUT2D eigenvalue weighted by Gasteiger charge is 2.17. The van der Waals surface area contributed by atoms with Gasteiger partial charge in [0.1, 0.15) is 10.6 Å². The Hall–Kier alpha value is -2.18. The maximum absolute atomic E-state index is 12.5. The van der Waals surface area contributed by atoms with Crippen molar-refractivity contribution in [1.29, 1.82) is 0 Å². The lowest BCUT2D eigenvalue weighted by molar-refractivity contribution is 0.103. The minimum Gasteiger partial charge on any atom is -0.321 e.